The van der Waals surface area contributed by atoms with Crippen LogP contribution in [0, 0.1) is 5.41 Å². The van der Waals surface area contributed by atoms with Crippen molar-refractivity contribution in [2.45, 2.75) is 19.4 Å². The Bertz CT molecular complexity index is 1240. The zero-order chi connectivity index (χ0) is 23.7. The van der Waals surface area contributed by atoms with E-state index in [0.717, 1.165) is 36.7 Å². The highest BCUT2D eigenvalue weighted by atomic mass is 35.5. The van der Waals surface area contributed by atoms with Crippen molar-refractivity contribution < 1.29 is 14.3 Å². The molecule has 5 rings (SSSR count). The molecule has 3 heterocycles. The number of likely N-dealkylation sites (tertiary alicyclic amines) is 1. The molecule has 10 heteroatoms. The van der Waals surface area contributed by atoms with Gasteiger partial charge in [0.05, 0.1) is 17.7 Å². The summed E-state index contributed by atoms with van der Waals surface area (Å²) in [5.74, 6) is 0.342. The number of aliphatic imine (C=N–C) groups is 1. The normalized spacial score (nSPS) is 18.8. The molecule has 34 heavy (non-hydrogen) atoms. The number of hydrogen-bond acceptors (Lipinski definition) is 7. The number of hydrogen-bond donors (Lipinski definition) is 1. The van der Waals surface area contributed by atoms with Crippen LogP contribution in [0.2, 0.25) is 5.02 Å². The summed E-state index contributed by atoms with van der Waals surface area (Å²) in [7, 11) is 1.53. The number of amidine groups is 3. The molecule has 0 saturated carbocycles. The van der Waals surface area contributed by atoms with Gasteiger partial charge in [-0.25, -0.2) is 0 Å². The van der Waals surface area contributed by atoms with Gasteiger partial charge in [0.2, 0.25) is 5.17 Å². The number of nitrogens with zero attached hydrogens (tertiary/aromatic N) is 4. The Morgan fingerprint density at radius 3 is 2.68 bits per heavy atom. The minimum absolute atomic E-state index is 0.0174. The lowest BCUT2D eigenvalue weighted by Gasteiger charge is -2.20. The summed E-state index contributed by atoms with van der Waals surface area (Å²) in [5, 5.41) is 16.1. The van der Waals surface area contributed by atoms with Gasteiger partial charge in [0.25, 0.3) is 5.91 Å². The Balaban J connectivity index is 1.40. The van der Waals surface area contributed by atoms with Crippen LogP contribution in [0.25, 0.3) is 6.08 Å². The van der Waals surface area contributed by atoms with Crippen molar-refractivity contribution in [3.63, 3.8) is 0 Å². The number of fused-ring (bicyclic) bond motifs is 1. The van der Waals surface area contributed by atoms with E-state index in [1.54, 1.807) is 18.2 Å². The minimum Gasteiger partial charge on any atom is -0.493 e. The topological polar surface area (TPSA) is 90.6 Å². The van der Waals surface area contributed by atoms with E-state index in [4.69, 9.17) is 26.5 Å². The van der Waals surface area contributed by atoms with Crippen LogP contribution in [-0.4, -0.2) is 52.2 Å². The van der Waals surface area contributed by atoms with Crippen molar-refractivity contribution in [3.8, 4) is 11.5 Å². The molecule has 2 aromatic carbocycles. The van der Waals surface area contributed by atoms with E-state index in [-0.39, 0.29) is 11.4 Å². The number of amides is 1. The average molecular weight is 496 g/mol. The second kappa shape index (κ2) is 9.52. The highest BCUT2D eigenvalue weighted by Crippen LogP contribution is 2.38. The van der Waals surface area contributed by atoms with E-state index in [0.29, 0.717) is 33.9 Å². The lowest BCUT2D eigenvalue weighted by molar-refractivity contribution is -0.114. The Labute approximate surface area is 206 Å². The van der Waals surface area contributed by atoms with Gasteiger partial charge in [-0.2, -0.15) is 10.0 Å². The summed E-state index contributed by atoms with van der Waals surface area (Å²) in [6.07, 6.45) is 3.80. The maximum Gasteiger partial charge on any atom is 0.283 e. The molecular weight excluding hydrogens is 474 g/mol. The molecule has 3 aliphatic rings. The zero-order valence-corrected chi connectivity index (χ0v) is 20.0. The number of thioether (sulfide) groups is 1. The van der Waals surface area contributed by atoms with Gasteiger partial charge < -0.3 is 14.4 Å². The third kappa shape index (κ3) is 4.41. The predicted molar refractivity (Wildman–Crippen MR) is 135 cm³/mol. The molecule has 8 nitrogen and oxygen atoms in total. The first-order valence-corrected chi connectivity index (χ1v) is 12.0. The van der Waals surface area contributed by atoms with Crippen LogP contribution in [0.1, 0.15) is 24.0 Å². The van der Waals surface area contributed by atoms with Crippen LogP contribution < -0.4 is 9.47 Å². The number of ether oxygens (including phenoxy) is 2. The van der Waals surface area contributed by atoms with Crippen molar-refractivity contribution in [1.29, 1.82) is 5.41 Å². The van der Waals surface area contributed by atoms with Gasteiger partial charge in [-0.3, -0.25) is 10.2 Å². The standard InChI is InChI=1S/C24H22ClN5O3S/c1-32-19-13-16(12-18(25)20(19)33-14-15-7-3-2-4-8-15)11-17-21(26)30-23(27-22(17)31)34-24(28-30)29-9-5-6-10-29/h2-4,7-8,11-13,26H,5-6,9-10,14H2,1H3/b17-11+,26-21?. The number of carbonyl (C=O) groups excluding carboxylic acids is 1. The number of nitrogens with one attached hydrogen (secondary N) is 1. The summed E-state index contributed by atoms with van der Waals surface area (Å²) < 4.78 is 11.4. The van der Waals surface area contributed by atoms with E-state index in [1.165, 1.54) is 23.9 Å². The number of benzene rings is 2. The van der Waals surface area contributed by atoms with Gasteiger partial charge in [0.15, 0.2) is 22.5 Å². The first kappa shape index (κ1) is 22.5. The van der Waals surface area contributed by atoms with Crippen molar-refractivity contribution in [2.24, 2.45) is 10.1 Å². The molecule has 1 N–H and O–H groups in total. The lowest BCUT2D eigenvalue weighted by atomic mass is 10.1. The third-order valence-corrected chi connectivity index (χ3v) is 6.86. The van der Waals surface area contributed by atoms with E-state index >= 15 is 0 Å². The second-order valence-corrected chi connectivity index (χ2v) is 9.25. The van der Waals surface area contributed by atoms with Crippen molar-refractivity contribution in [3.05, 3.63) is 64.2 Å². The Morgan fingerprint density at radius 1 is 1.18 bits per heavy atom. The van der Waals surface area contributed by atoms with Gasteiger partial charge in [-0.15, -0.1) is 5.10 Å². The SMILES string of the molecule is COc1cc(/C=C2\C(=N)N3N=C(N4CCCC4)SC3=NC2=O)cc(Cl)c1OCc1ccccc1. The smallest absolute Gasteiger partial charge is 0.283 e. The molecule has 0 aliphatic carbocycles. The number of hydrazone groups is 1. The van der Waals surface area contributed by atoms with E-state index in [9.17, 15) is 4.79 Å². The molecule has 0 bridgehead atoms. The Kier molecular flexibility index (Phi) is 6.30. The van der Waals surface area contributed by atoms with Crippen molar-refractivity contribution in [2.75, 3.05) is 20.2 Å². The summed E-state index contributed by atoms with van der Waals surface area (Å²) >= 11 is 7.84. The van der Waals surface area contributed by atoms with Crippen LogP contribution in [0.4, 0.5) is 0 Å². The van der Waals surface area contributed by atoms with Crippen molar-refractivity contribution in [1.82, 2.24) is 9.91 Å². The molecule has 0 aromatic heterocycles. The van der Waals surface area contributed by atoms with Gasteiger partial charge in [0.1, 0.15) is 6.61 Å². The summed E-state index contributed by atoms with van der Waals surface area (Å²) in [6, 6.07) is 13.1. The molecule has 0 atom stereocenters. The fourth-order valence-corrected chi connectivity index (χ4v) is 5.10. The highest BCUT2D eigenvalue weighted by molar-refractivity contribution is 8.26. The monoisotopic (exact) mass is 495 g/mol. The summed E-state index contributed by atoms with van der Waals surface area (Å²) in [4.78, 5) is 19.1. The third-order valence-electron chi connectivity index (χ3n) is 5.61. The molecule has 0 radical (unpaired) electrons. The van der Waals surface area contributed by atoms with Crippen LogP contribution in [0.3, 0.4) is 0 Å². The van der Waals surface area contributed by atoms with Gasteiger partial charge >= 0.3 is 0 Å². The molecule has 1 fully saturated rings. The number of halogens is 1. The van der Waals surface area contributed by atoms with Crippen LogP contribution >= 0.6 is 23.4 Å². The minimum atomic E-state index is -0.485. The highest BCUT2D eigenvalue weighted by Gasteiger charge is 2.37. The first-order chi connectivity index (χ1) is 16.5. The largest absolute Gasteiger partial charge is 0.493 e. The fourth-order valence-electron chi connectivity index (χ4n) is 3.88. The second-order valence-electron chi connectivity index (χ2n) is 7.91. The molecule has 3 aliphatic heterocycles. The number of methoxy groups -OCH3 is 1. The maximum atomic E-state index is 12.8. The van der Waals surface area contributed by atoms with Gasteiger partial charge in [-0.1, -0.05) is 41.9 Å². The molecule has 1 saturated heterocycles. The quantitative estimate of drug-likeness (QED) is 0.609. The van der Waals surface area contributed by atoms with Crippen LogP contribution in [-0.2, 0) is 11.4 Å². The first-order valence-electron chi connectivity index (χ1n) is 10.8. The predicted octanol–water partition coefficient (Wildman–Crippen LogP) is 4.60. The number of carbonyl (C=O) groups is 1. The molecule has 2 aromatic rings. The number of rotatable bonds is 5. The van der Waals surface area contributed by atoms with E-state index in [1.807, 2.05) is 30.3 Å². The Hall–Kier alpha value is -3.30. The maximum absolute atomic E-state index is 12.8. The average Bonchev–Trinajstić information content (AvgIpc) is 3.51. The molecule has 1 amide bonds. The van der Waals surface area contributed by atoms with Crippen LogP contribution in [0.5, 0.6) is 11.5 Å². The lowest BCUT2D eigenvalue weighted by Crippen LogP contribution is -2.35. The molecular formula is C24H22ClN5O3S. The summed E-state index contributed by atoms with van der Waals surface area (Å²) in [6.45, 7) is 2.18. The van der Waals surface area contributed by atoms with E-state index < -0.39 is 5.91 Å². The van der Waals surface area contributed by atoms with Crippen LogP contribution in [0.15, 0.2) is 58.1 Å². The van der Waals surface area contributed by atoms with E-state index in [2.05, 4.69) is 15.0 Å². The molecule has 174 valence electrons. The molecule has 0 unspecified atom stereocenters. The Morgan fingerprint density at radius 2 is 1.94 bits per heavy atom. The van der Waals surface area contributed by atoms with Crippen molar-refractivity contribution >= 4 is 51.5 Å². The zero-order valence-electron chi connectivity index (χ0n) is 18.5. The fraction of sp³-hybridized carbons (Fsp3) is 0.250. The molecule has 0 spiro atoms. The van der Waals surface area contributed by atoms with Gasteiger partial charge in [-0.05, 0) is 53.9 Å². The summed E-state index contributed by atoms with van der Waals surface area (Å²) in [5.41, 5.74) is 1.72. The van der Waals surface area contributed by atoms with Gasteiger partial charge in [0, 0.05) is 13.1 Å².